The van der Waals surface area contributed by atoms with E-state index in [0.29, 0.717) is 0 Å². The summed E-state index contributed by atoms with van der Waals surface area (Å²) >= 11 is 0. The van der Waals surface area contributed by atoms with Gasteiger partial charge in [0.1, 0.15) is 6.04 Å². The Morgan fingerprint density at radius 2 is 2.12 bits per heavy atom. The summed E-state index contributed by atoms with van der Waals surface area (Å²) in [5.41, 5.74) is 0. The van der Waals surface area contributed by atoms with E-state index in [4.69, 9.17) is 0 Å². The zero-order valence-corrected chi connectivity index (χ0v) is 11.0. The molecule has 0 saturated carbocycles. The Morgan fingerprint density at radius 3 is 2.82 bits per heavy atom. The molecule has 1 rings (SSSR count). The SMILES string of the molecule is CCCCCCC(C(=O)O)N1CCCNCC1. The van der Waals surface area contributed by atoms with Crippen molar-refractivity contribution >= 4 is 5.97 Å². The average molecular weight is 242 g/mol. The minimum atomic E-state index is -0.650. The van der Waals surface area contributed by atoms with Gasteiger partial charge in [-0.1, -0.05) is 32.6 Å². The third-order valence-corrected chi connectivity index (χ3v) is 3.43. The van der Waals surface area contributed by atoms with E-state index in [-0.39, 0.29) is 6.04 Å². The van der Waals surface area contributed by atoms with Crippen molar-refractivity contribution in [1.29, 1.82) is 0 Å². The number of nitrogens with one attached hydrogen (secondary N) is 1. The lowest BCUT2D eigenvalue weighted by Gasteiger charge is -2.27. The van der Waals surface area contributed by atoms with Crippen LogP contribution < -0.4 is 5.32 Å². The summed E-state index contributed by atoms with van der Waals surface area (Å²) in [6.07, 6.45) is 6.47. The monoisotopic (exact) mass is 242 g/mol. The summed E-state index contributed by atoms with van der Waals surface area (Å²) in [6, 6.07) is -0.272. The smallest absolute Gasteiger partial charge is 0.320 e. The van der Waals surface area contributed by atoms with Crippen LogP contribution in [0.2, 0.25) is 0 Å². The number of hydrogen-bond acceptors (Lipinski definition) is 3. The zero-order chi connectivity index (χ0) is 12.5. The summed E-state index contributed by atoms with van der Waals surface area (Å²) < 4.78 is 0. The molecule has 1 fully saturated rings. The van der Waals surface area contributed by atoms with E-state index in [2.05, 4.69) is 17.1 Å². The lowest BCUT2D eigenvalue weighted by Crippen LogP contribution is -2.43. The fourth-order valence-corrected chi connectivity index (χ4v) is 2.40. The van der Waals surface area contributed by atoms with Gasteiger partial charge in [0.2, 0.25) is 0 Å². The van der Waals surface area contributed by atoms with Gasteiger partial charge in [-0.2, -0.15) is 0 Å². The first-order valence-electron chi connectivity index (χ1n) is 6.93. The molecular weight excluding hydrogens is 216 g/mol. The Bertz CT molecular complexity index is 213. The Labute approximate surface area is 104 Å². The molecular formula is C13H26N2O2. The van der Waals surface area contributed by atoms with Crippen LogP contribution in [0.1, 0.15) is 45.4 Å². The largest absolute Gasteiger partial charge is 0.480 e. The Kier molecular flexibility index (Phi) is 7.21. The molecule has 0 bridgehead atoms. The maximum atomic E-state index is 11.3. The van der Waals surface area contributed by atoms with Gasteiger partial charge in [0.25, 0.3) is 0 Å². The molecule has 0 radical (unpaired) electrons. The molecule has 0 spiro atoms. The molecule has 1 atom stereocenters. The molecule has 4 nitrogen and oxygen atoms in total. The Morgan fingerprint density at radius 1 is 1.29 bits per heavy atom. The van der Waals surface area contributed by atoms with E-state index in [0.717, 1.165) is 51.9 Å². The number of nitrogens with zero attached hydrogens (tertiary/aromatic N) is 1. The Balaban J connectivity index is 2.37. The maximum Gasteiger partial charge on any atom is 0.320 e. The fraction of sp³-hybridized carbons (Fsp3) is 0.923. The zero-order valence-electron chi connectivity index (χ0n) is 11.0. The highest BCUT2D eigenvalue weighted by Crippen LogP contribution is 2.12. The second-order valence-electron chi connectivity index (χ2n) is 4.84. The first-order valence-corrected chi connectivity index (χ1v) is 6.93. The molecule has 0 aliphatic carbocycles. The van der Waals surface area contributed by atoms with Crippen molar-refractivity contribution < 1.29 is 9.90 Å². The molecule has 1 unspecified atom stereocenters. The lowest BCUT2D eigenvalue weighted by molar-refractivity contribution is -0.143. The van der Waals surface area contributed by atoms with Crippen LogP contribution in [-0.2, 0) is 4.79 Å². The topological polar surface area (TPSA) is 52.6 Å². The molecule has 0 amide bonds. The minimum Gasteiger partial charge on any atom is -0.480 e. The van der Waals surface area contributed by atoms with Crippen LogP contribution in [0.15, 0.2) is 0 Å². The first kappa shape index (κ1) is 14.5. The van der Waals surface area contributed by atoms with E-state index in [9.17, 15) is 9.90 Å². The molecule has 1 heterocycles. The van der Waals surface area contributed by atoms with Gasteiger partial charge in [0.15, 0.2) is 0 Å². The fourth-order valence-electron chi connectivity index (χ4n) is 2.40. The maximum absolute atomic E-state index is 11.3. The van der Waals surface area contributed by atoms with Gasteiger partial charge in [0.05, 0.1) is 0 Å². The molecule has 2 N–H and O–H groups in total. The van der Waals surface area contributed by atoms with Gasteiger partial charge in [-0.05, 0) is 19.4 Å². The molecule has 17 heavy (non-hydrogen) atoms. The van der Waals surface area contributed by atoms with E-state index >= 15 is 0 Å². The summed E-state index contributed by atoms with van der Waals surface area (Å²) in [7, 11) is 0. The second kappa shape index (κ2) is 8.48. The van der Waals surface area contributed by atoms with Gasteiger partial charge >= 0.3 is 5.97 Å². The molecule has 1 aliphatic heterocycles. The van der Waals surface area contributed by atoms with E-state index in [1.165, 1.54) is 12.8 Å². The third kappa shape index (κ3) is 5.50. The highest BCUT2D eigenvalue weighted by atomic mass is 16.4. The van der Waals surface area contributed by atoms with Gasteiger partial charge < -0.3 is 10.4 Å². The number of aliphatic carboxylic acids is 1. The predicted octanol–water partition coefficient (Wildman–Crippen LogP) is 1.71. The summed E-state index contributed by atoms with van der Waals surface area (Å²) in [6.45, 7) is 5.88. The summed E-state index contributed by atoms with van der Waals surface area (Å²) in [4.78, 5) is 13.4. The molecule has 4 heteroatoms. The van der Waals surface area contributed by atoms with Crippen LogP contribution in [-0.4, -0.2) is 48.2 Å². The average Bonchev–Trinajstić information content (AvgIpc) is 2.57. The summed E-state index contributed by atoms with van der Waals surface area (Å²) in [5.74, 6) is -0.650. The number of hydrogen-bond donors (Lipinski definition) is 2. The van der Waals surface area contributed by atoms with E-state index < -0.39 is 5.97 Å². The van der Waals surface area contributed by atoms with Crippen molar-refractivity contribution in [2.24, 2.45) is 0 Å². The molecule has 1 saturated heterocycles. The first-order chi connectivity index (χ1) is 8.25. The molecule has 100 valence electrons. The van der Waals surface area contributed by atoms with Crippen LogP contribution >= 0.6 is 0 Å². The van der Waals surface area contributed by atoms with Crippen molar-refractivity contribution in [3.63, 3.8) is 0 Å². The number of carbonyl (C=O) groups is 1. The molecule has 0 aromatic rings. The third-order valence-electron chi connectivity index (χ3n) is 3.43. The normalized spacial score (nSPS) is 19.8. The van der Waals surface area contributed by atoms with Crippen molar-refractivity contribution in [2.45, 2.75) is 51.5 Å². The highest BCUT2D eigenvalue weighted by Gasteiger charge is 2.25. The number of carboxylic acid groups (broad SMARTS) is 1. The van der Waals surface area contributed by atoms with Crippen LogP contribution in [0, 0.1) is 0 Å². The Hall–Kier alpha value is -0.610. The standard InChI is InChI=1S/C13H26N2O2/c1-2-3-4-5-7-12(13(16)17)15-10-6-8-14-9-11-15/h12,14H,2-11H2,1H3,(H,16,17). The van der Waals surface area contributed by atoms with Crippen LogP contribution in [0.4, 0.5) is 0 Å². The number of carboxylic acids is 1. The van der Waals surface area contributed by atoms with Crippen molar-refractivity contribution in [2.75, 3.05) is 26.2 Å². The molecule has 1 aliphatic rings. The van der Waals surface area contributed by atoms with Crippen LogP contribution in [0.25, 0.3) is 0 Å². The van der Waals surface area contributed by atoms with E-state index in [1.807, 2.05) is 0 Å². The van der Waals surface area contributed by atoms with Crippen LogP contribution in [0.5, 0.6) is 0 Å². The highest BCUT2D eigenvalue weighted by molar-refractivity contribution is 5.73. The van der Waals surface area contributed by atoms with Crippen molar-refractivity contribution in [1.82, 2.24) is 10.2 Å². The van der Waals surface area contributed by atoms with Gasteiger partial charge in [-0.15, -0.1) is 0 Å². The second-order valence-corrected chi connectivity index (χ2v) is 4.84. The van der Waals surface area contributed by atoms with Gasteiger partial charge in [-0.3, -0.25) is 9.69 Å². The minimum absolute atomic E-state index is 0.272. The molecule has 0 aromatic carbocycles. The van der Waals surface area contributed by atoms with E-state index in [1.54, 1.807) is 0 Å². The lowest BCUT2D eigenvalue weighted by atomic mass is 10.1. The van der Waals surface area contributed by atoms with Crippen molar-refractivity contribution in [3.8, 4) is 0 Å². The predicted molar refractivity (Wildman–Crippen MR) is 69.2 cm³/mol. The van der Waals surface area contributed by atoms with Gasteiger partial charge in [-0.25, -0.2) is 0 Å². The number of unbranched alkanes of at least 4 members (excludes halogenated alkanes) is 3. The van der Waals surface area contributed by atoms with Gasteiger partial charge in [0, 0.05) is 19.6 Å². The quantitative estimate of drug-likeness (QED) is 0.667. The summed E-state index contributed by atoms with van der Waals surface area (Å²) in [5, 5.41) is 12.6. The van der Waals surface area contributed by atoms with Crippen LogP contribution in [0.3, 0.4) is 0 Å². The number of rotatable bonds is 7. The molecule has 0 aromatic heterocycles. The van der Waals surface area contributed by atoms with Crippen molar-refractivity contribution in [3.05, 3.63) is 0 Å².